The molecule has 1 heterocycles. The van der Waals surface area contributed by atoms with Gasteiger partial charge >= 0.3 is 0 Å². The van der Waals surface area contributed by atoms with E-state index in [0.29, 0.717) is 5.92 Å². The normalized spacial score (nSPS) is 20.8. The lowest BCUT2D eigenvalue weighted by Gasteiger charge is -2.15. The predicted molar refractivity (Wildman–Crippen MR) is 64.1 cm³/mol. The fourth-order valence-corrected chi connectivity index (χ4v) is 2.82. The van der Waals surface area contributed by atoms with Gasteiger partial charge in [-0.15, -0.1) is 0 Å². The van der Waals surface area contributed by atoms with Crippen molar-refractivity contribution in [3.05, 3.63) is 23.8 Å². The third-order valence-corrected chi connectivity index (χ3v) is 3.81. The molecule has 3 heteroatoms. The average molecular weight is 234 g/mol. The molecular formula is C14H18O3. The second kappa shape index (κ2) is 4.57. The lowest BCUT2D eigenvalue weighted by Crippen LogP contribution is -2.04. The smallest absolute Gasteiger partial charge is 0.231 e. The molecule has 3 nitrogen and oxygen atoms in total. The molecule has 1 saturated carbocycles. The molecule has 17 heavy (non-hydrogen) atoms. The molecule has 1 aromatic carbocycles. The van der Waals surface area contributed by atoms with E-state index >= 15 is 0 Å². The van der Waals surface area contributed by atoms with Crippen molar-refractivity contribution in [1.82, 2.24) is 0 Å². The number of benzene rings is 1. The van der Waals surface area contributed by atoms with E-state index in [9.17, 15) is 5.11 Å². The van der Waals surface area contributed by atoms with E-state index in [1.165, 1.54) is 25.7 Å². The van der Waals surface area contributed by atoms with Crippen LogP contribution in [0.3, 0.4) is 0 Å². The van der Waals surface area contributed by atoms with Crippen LogP contribution in [0.15, 0.2) is 18.2 Å². The lowest BCUT2D eigenvalue weighted by molar-refractivity contribution is 0.144. The molecule has 1 atom stereocenters. The van der Waals surface area contributed by atoms with Crippen molar-refractivity contribution in [2.24, 2.45) is 5.92 Å². The number of aliphatic hydroxyl groups is 1. The van der Waals surface area contributed by atoms with Crippen LogP contribution in [0.2, 0.25) is 0 Å². The fourth-order valence-electron chi connectivity index (χ4n) is 2.82. The number of hydrogen-bond donors (Lipinski definition) is 1. The Morgan fingerprint density at radius 1 is 1.18 bits per heavy atom. The molecule has 2 aliphatic rings. The van der Waals surface area contributed by atoms with Crippen molar-refractivity contribution in [2.75, 3.05) is 6.79 Å². The molecule has 1 aliphatic carbocycles. The van der Waals surface area contributed by atoms with Gasteiger partial charge in [0.15, 0.2) is 11.5 Å². The van der Waals surface area contributed by atoms with Crippen LogP contribution < -0.4 is 9.47 Å². The van der Waals surface area contributed by atoms with Crippen LogP contribution in [0.4, 0.5) is 0 Å². The van der Waals surface area contributed by atoms with Gasteiger partial charge in [-0.1, -0.05) is 31.7 Å². The SMILES string of the molecule is OC(CC1CCCC1)c1ccc2c(c1)OCO2. The third kappa shape index (κ3) is 2.25. The molecule has 1 aliphatic heterocycles. The summed E-state index contributed by atoms with van der Waals surface area (Å²) in [4.78, 5) is 0. The Kier molecular flexibility index (Phi) is 2.93. The predicted octanol–water partition coefficient (Wildman–Crippen LogP) is 3.03. The Bertz CT molecular complexity index is 396. The third-order valence-electron chi connectivity index (χ3n) is 3.81. The molecule has 0 aromatic heterocycles. The molecule has 1 fully saturated rings. The van der Waals surface area contributed by atoms with Gasteiger partial charge in [-0.3, -0.25) is 0 Å². The highest BCUT2D eigenvalue weighted by atomic mass is 16.7. The van der Waals surface area contributed by atoms with E-state index in [0.717, 1.165) is 23.5 Å². The molecule has 0 saturated heterocycles. The largest absolute Gasteiger partial charge is 0.454 e. The Labute approximate surface area is 101 Å². The maximum Gasteiger partial charge on any atom is 0.231 e. The lowest BCUT2D eigenvalue weighted by atomic mass is 9.95. The summed E-state index contributed by atoms with van der Waals surface area (Å²) in [6.07, 6.45) is 5.67. The first-order valence-corrected chi connectivity index (χ1v) is 6.40. The van der Waals surface area contributed by atoms with E-state index < -0.39 is 0 Å². The molecule has 92 valence electrons. The monoisotopic (exact) mass is 234 g/mol. The second-order valence-corrected chi connectivity index (χ2v) is 5.01. The highest BCUT2D eigenvalue weighted by Crippen LogP contribution is 2.37. The first-order chi connectivity index (χ1) is 8.33. The minimum atomic E-state index is -0.368. The van der Waals surface area contributed by atoms with Crippen LogP contribution >= 0.6 is 0 Å². The number of aliphatic hydroxyl groups excluding tert-OH is 1. The Balaban J connectivity index is 1.70. The molecule has 1 aromatic rings. The van der Waals surface area contributed by atoms with Gasteiger partial charge in [0.25, 0.3) is 0 Å². The Morgan fingerprint density at radius 2 is 1.94 bits per heavy atom. The Hall–Kier alpha value is -1.22. The van der Waals surface area contributed by atoms with Crippen molar-refractivity contribution in [1.29, 1.82) is 0 Å². The van der Waals surface area contributed by atoms with Gasteiger partial charge in [-0.25, -0.2) is 0 Å². The molecule has 0 radical (unpaired) electrons. The summed E-state index contributed by atoms with van der Waals surface area (Å²) in [5.41, 5.74) is 0.946. The molecule has 0 bridgehead atoms. The van der Waals surface area contributed by atoms with Gasteiger partial charge in [0.1, 0.15) is 0 Å². The number of hydrogen-bond acceptors (Lipinski definition) is 3. The van der Waals surface area contributed by atoms with Crippen molar-refractivity contribution in [3.63, 3.8) is 0 Å². The molecule has 3 rings (SSSR count). The van der Waals surface area contributed by atoms with Crippen LogP contribution in [0.25, 0.3) is 0 Å². The zero-order valence-corrected chi connectivity index (χ0v) is 9.89. The van der Waals surface area contributed by atoms with Crippen LogP contribution in [0.5, 0.6) is 11.5 Å². The minimum absolute atomic E-state index is 0.289. The first kappa shape index (κ1) is 10.9. The molecular weight excluding hydrogens is 216 g/mol. The maximum absolute atomic E-state index is 10.2. The van der Waals surface area contributed by atoms with E-state index in [-0.39, 0.29) is 12.9 Å². The summed E-state index contributed by atoms with van der Waals surface area (Å²) >= 11 is 0. The van der Waals surface area contributed by atoms with Gasteiger partial charge in [0, 0.05) is 0 Å². The Morgan fingerprint density at radius 3 is 2.76 bits per heavy atom. The zero-order valence-electron chi connectivity index (χ0n) is 9.89. The van der Waals surface area contributed by atoms with Gasteiger partial charge in [0.2, 0.25) is 6.79 Å². The minimum Gasteiger partial charge on any atom is -0.454 e. The second-order valence-electron chi connectivity index (χ2n) is 5.01. The summed E-state index contributed by atoms with van der Waals surface area (Å²) in [7, 11) is 0. The van der Waals surface area contributed by atoms with Gasteiger partial charge < -0.3 is 14.6 Å². The van der Waals surface area contributed by atoms with E-state index in [4.69, 9.17) is 9.47 Å². The summed E-state index contributed by atoms with van der Waals surface area (Å²) in [6, 6.07) is 5.73. The average Bonchev–Trinajstić information content (AvgIpc) is 2.97. The highest BCUT2D eigenvalue weighted by molar-refractivity contribution is 5.45. The van der Waals surface area contributed by atoms with Crippen LogP contribution in [0.1, 0.15) is 43.8 Å². The molecule has 0 amide bonds. The number of fused-ring (bicyclic) bond motifs is 1. The summed E-state index contributed by atoms with van der Waals surface area (Å²) in [5, 5.41) is 10.2. The summed E-state index contributed by atoms with van der Waals surface area (Å²) in [6.45, 7) is 0.289. The van der Waals surface area contributed by atoms with Crippen molar-refractivity contribution >= 4 is 0 Å². The van der Waals surface area contributed by atoms with Crippen molar-refractivity contribution in [3.8, 4) is 11.5 Å². The van der Waals surface area contributed by atoms with E-state index in [2.05, 4.69) is 0 Å². The number of ether oxygens (including phenoxy) is 2. The molecule has 1 N–H and O–H groups in total. The van der Waals surface area contributed by atoms with Gasteiger partial charge in [0.05, 0.1) is 6.10 Å². The van der Waals surface area contributed by atoms with Crippen molar-refractivity contribution in [2.45, 2.75) is 38.2 Å². The fraction of sp³-hybridized carbons (Fsp3) is 0.571. The zero-order chi connectivity index (χ0) is 11.7. The maximum atomic E-state index is 10.2. The molecule has 1 unspecified atom stereocenters. The first-order valence-electron chi connectivity index (χ1n) is 6.40. The van der Waals surface area contributed by atoms with Crippen LogP contribution in [0, 0.1) is 5.92 Å². The van der Waals surface area contributed by atoms with Crippen LogP contribution in [-0.2, 0) is 0 Å². The summed E-state index contributed by atoms with van der Waals surface area (Å²) in [5.74, 6) is 2.23. The van der Waals surface area contributed by atoms with Crippen LogP contribution in [-0.4, -0.2) is 11.9 Å². The number of rotatable bonds is 3. The topological polar surface area (TPSA) is 38.7 Å². The molecule has 0 spiro atoms. The standard InChI is InChI=1S/C14H18O3/c15-12(7-10-3-1-2-4-10)11-5-6-13-14(8-11)17-9-16-13/h5-6,8,10,12,15H,1-4,7,9H2. The van der Waals surface area contributed by atoms with Gasteiger partial charge in [-0.05, 0) is 30.0 Å². The van der Waals surface area contributed by atoms with E-state index in [1.807, 2.05) is 18.2 Å². The highest BCUT2D eigenvalue weighted by Gasteiger charge is 2.21. The quantitative estimate of drug-likeness (QED) is 0.873. The van der Waals surface area contributed by atoms with Crippen molar-refractivity contribution < 1.29 is 14.6 Å². The summed E-state index contributed by atoms with van der Waals surface area (Å²) < 4.78 is 10.6. The van der Waals surface area contributed by atoms with E-state index in [1.54, 1.807) is 0 Å². The van der Waals surface area contributed by atoms with Gasteiger partial charge in [-0.2, -0.15) is 0 Å².